The minimum atomic E-state index is -0.473. The van der Waals surface area contributed by atoms with Gasteiger partial charge in [0.25, 0.3) is 11.6 Å². The van der Waals surface area contributed by atoms with Crippen LogP contribution in [0.1, 0.15) is 16.9 Å². The lowest BCUT2D eigenvalue weighted by Crippen LogP contribution is -2.28. The van der Waals surface area contributed by atoms with Crippen molar-refractivity contribution in [1.29, 1.82) is 0 Å². The lowest BCUT2D eigenvalue weighted by atomic mass is 10.2. The van der Waals surface area contributed by atoms with Crippen LogP contribution in [0.4, 0.5) is 5.69 Å². The molecule has 1 saturated heterocycles. The van der Waals surface area contributed by atoms with E-state index in [0.717, 1.165) is 10.0 Å². The summed E-state index contributed by atoms with van der Waals surface area (Å²) in [5.41, 5.74) is 1.36. The SMILES string of the molecule is O=C1/C(=C/c2cccc(Br)c2)S/C(=N\N=C\c2cccc([N+](=O)[O-])c2)N1Cc1ccco1. The maximum Gasteiger partial charge on any atom is 0.270 e. The van der Waals surface area contributed by atoms with Gasteiger partial charge < -0.3 is 4.42 Å². The van der Waals surface area contributed by atoms with Crippen LogP contribution < -0.4 is 0 Å². The summed E-state index contributed by atoms with van der Waals surface area (Å²) in [6.07, 6.45) is 4.74. The number of hydrogen-bond acceptors (Lipinski definition) is 7. The molecule has 8 nitrogen and oxygen atoms in total. The van der Waals surface area contributed by atoms with Crippen LogP contribution in [0.15, 0.2) is 90.9 Å². The van der Waals surface area contributed by atoms with E-state index in [1.54, 1.807) is 36.6 Å². The molecule has 0 bridgehead atoms. The summed E-state index contributed by atoms with van der Waals surface area (Å²) in [5.74, 6) is 0.397. The standard InChI is InChI=1S/C22H15BrN4O4S/c23-17-6-1-4-15(10-17)12-20-21(28)26(14-19-8-3-9-31-19)22(32-20)25-24-13-16-5-2-7-18(11-16)27(29)30/h1-13H,14H2/b20-12-,24-13+,25-22-. The van der Waals surface area contributed by atoms with Gasteiger partial charge in [0.2, 0.25) is 0 Å². The first-order chi connectivity index (χ1) is 15.5. The largest absolute Gasteiger partial charge is 0.467 e. The average molecular weight is 511 g/mol. The second-order valence-corrected chi connectivity index (χ2v) is 8.54. The van der Waals surface area contributed by atoms with Gasteiger partial charge in [0, 0.05) is 22.2 Å². The molecule has 3 aromatic rings. The molecule has 2 heterocycles. The topological polar surface area (TPSA) is 101 Å². The van der Waals surface area contributed by atoms with Gasteiger partial charge in [-0.3, -0.25) is 19.8 Å². The zero-order valence-electron chi connectivity index (χ0n) is 16.4. The van der Waals surface area contributed by atoms with Gasteiger partial charge >= 0.3 is 0 Å². The van der Waals surface area contributed by atoms with Crippen LogP contribution in [0, 0.1) is 10.1 Å². The molecule has 1 aliphatic heterocycles. The zero-order valence-corrected chi connectivity index (χ0v) is 18.8. The van der Waals surface area contributed by atoms with Crippen molar-refractivity contribution < 1.29 is 14.1 Å². The number of amides is 1. The summed E-state index contributed by atoms with van der Waals surface area (Å²) in [6.45, 7) is 0.208. The molecule has 1 aromatic heterocycles. The molecule has 0 saturated carbocycles. The number of furan rings is 1. The molecule has 1 fully saturated rings. The summed E-state index contributed by atoms with van der Waals surface area (Å²) in [4.78, 5) is 25.5. The molecule has 32 heavy (non-hydrogen) atoms. The Balaban J connectivity index is 1.62. The fourth-order valence-electron chi connectivity index (χ4n) is 2.89. The second-order valence-electron chi connectivity index (χ2n) is 6.62. The highest BCUT2D eigenvalue weighted by atomic mass is 79.9. The Morgan fingerprint density at radius 2 is 1.94 bits per heavy atom. The highest BCUT2D eigenvalue weighted by molar-refractivity contribution is 9.10. The number of thioether (sulfide) groups is 1. The maximum atomic E-state index is 13.1. The number of carbonyl (C=O) groups is 1. The third-order valence-corrected chi connectivity index (χ3v) is 5.85. The van der Waals surface area contributed by atoms with Gasteiger partial charge in [-0.2, -0.15) is 5.10 Å². The fourth-order valence-corrected chi connectivity index (χ4v) is 4.24. The summed E-state index contributed by atoms with van der Waals surface area (Å²) in [5, 5.41) is 19.6. The lowest BCUT2D eigenvalue weighted by molar-refractivity contribution is -0.384. The van der Waals surface area contributed by atoms with Crippen molar-refractivity contribution >= 4 is 56.7 Å². The first-order valence-corrected chi connectivity index (χ1v) is 11.0. The average Bonchev–Trinajstić information content (AvgIpc) is 3.38. The van der Waals surface area contributed by atoms with Gasteiger partial charge in [-0.15, -0.1) is 5.10 Å². The monoisotopic (exact) mass is 510 g/mol. The molecule has 0 N–H and O–H groups in total. The van der Waals surface area contributed by atoms with Crippen LogP contribution in [0.2, 0.25) is 0 Å². The Morgan fingerprint density at radius 1 is 1.12 bits per heavy atom. The molecule has 2 aromatic carbocycles. The predicted octanol–water partition coefficient (Wildman–Crippen LogP) is 5.46. The smallest absolute Gasteiger partial charge is 0.270 e. The van der Waals surface area contributed by atoms with Crippen LogP contribution in [-0.2, 0) is 11.3 Å². The van der Waals surface area contributed by atoms with E-state index in [9.17, 15) is 14.9 Å². The molecule has 4 rings (SSSR count). The summed E-state index contributed by atoms with van der Waals surface area (Å²) in [6, 6.07) is 17.2. The van der Waals surface area contributed by atoms with Gasteiger partial charge in [0.1, 0.15) is 5.76 Å². The zero-order chi connectivity index (χ0) is 22.5. The van der Waals surface area contributed by atoms with Crippen molar-refractivity contribution in [3.63, 3.8) is 0 Å². The van der Waals surface area contributed by atoms with E-state index in [4.69, 9.17) is 4.42 Å². The molecule has 0 aliphatic carbocycles. The second kappa shape index (κ2) is 9.75. The van der Waals surface area contributed by atoms with E-state index in [2.05, 4.69) is 26.1 Å². The molecule has 0 radical (unpaired) electrons. The number of nitro groups is 1. The molecule has 0 unspecified atom stereocenters. The van der Waals surface area contributed by atoms with Gasteiger partial charge in [-0.1, -0.05) is 40.2 Å². The first-order valence-electron chi connectivity index (χ1n) is 9.34. The summed E-state index contributed by atoms with van der Waals surface area (Å²) < 4.78 is 6.29. The van der Waals surface area contributed by atoms with E-state index < -0.39 is 4.92 Å². The van der Waals surface area contributed by atoms with Gasteiger partial charge in [0.05, 0.1) is 28.9 Å². The highest BCUT2D eigenvalue weighted by Gasteiger charge is 2.34. The van der Waals surface area contributed by atoms with Crippen LogP contribution in [-0.4, -0.2) is 27.1 Å². The van der Waals surface area contributed by atoms with E-state index in [0.29, 0.717) is 21.4 Å². The molecular weight excluding hydrogens is 496 g/mol. The quantitative estimate of drug-likeness (QED) is 0.189. The van der Waals surface area contributed by atoms with E-state index in [-0.39, 0.29) is 18.1 Å². The maximum absolute atomic E-state index is 13.1. The van der Waals surface area contributed by atoms with Crippen LogP contribution in [0.3, 0.4) is 0 Å². The van der Waals surface area contributed by atoms with Crippen molar-refractivity contribution in [2.75, 3.05) is 0 Å². The summed E-state index contributed by atoms with van der Waals surface area (Å²) in [7, 11) is 0. The molecule has 1 amide bonds. The predicted molar refractivity (Wildman–Crippen MR) is 127 cm³/mol. The van der Waals surface area contributed by atoms with Crippen molar-refractivity contribution in [3.05, 3.63) is 103 Å². The van der Waals surface area contributed by atoms with Crippen molar-refractivity contribution in [1.82, 2.24) is 4.90 Å². The van der Waals surface area contributed by atoms with Gasteiger partial charge in [-0.25, -0.2) is 0 Å². The highest BCUT2D eigenvalue weighted by Crippen LogP contribution is 2.34. The van der Waals surface area contributed by atoms with Crippen molar-refractivity contribution in [2.45, 2.75) is 6.54 Å². The van der Waals surface area contributed by atoms with Crippen LogP contribution in [0.5, 0.6) is 0 Å². The van der Waals surface area contributed by atoms with Crippen molar-refractivity contribution in [3.8, 4) is 0 Å². The lowest BCUT2D eigenvalue weighted by Gasteiger charge is -2.12. The Hall–Kier alpha value is -3.50. The third kappa shape index (κ3) is 5.21. The third-order valence-electron chi connectivity index (χ3n) is 4.36. The normalized spacial score (nSPS) is 16.5. The molecule has 160 valence electrons. The molecule has 10 heteroatoms. The van der Waals surface area contributed by atoms with E-state index >= 15 is 0 Å². The van der Waals surface area contributed by atoms with E-state index in [1.165, 1.54) is 35.0 Å². The number of amidine groups is 1. The molecule has 0 atom stereocenters. The van der Waals surface area contributed by atoms with E-state index in [1.807, 2.05) is 24.3 Å². The minimum Gasteiger partial charge on any atom is -0.467 e. The number of benzene rings is 2. The number of rotatable bonds is 6. The van der Waals surface area contributed by atoms with Gasteiger partial charge in [-0.05, 0) is 47.7 Å². The molecule has 0 spiro atoms. The van der Waals surface area contributed by atoms with Crippen LogP contribution >= 0.6 is 27.7 Å². The number of hydrogen-bond donors (Lipinski definition) is 0. The van der Waals surface area contributed by atoms with Crippen molar-refractivity contribution in [2.24, 2.45) is 10.2 Å². The number of carbonyl (C=O) groups excluding carboxylic acids is 1. The number of halogens is 1. The first kappa shape index (κ1) is 21.7. The fraction of sp³-hybridized carbons (Fsp3) is 0.0455. The Labute approximate surface area is 195 Å². The number of nitrogens with zero attached hydrogens (tertiary/aromatic N) is 4. The minimum absolute atomic E-state index is 0.0364. The summed E-state index contributed by atoms with van der Waals surface area (Å²) >= 11 is 4.63. The Kier molecular flexibility index (Phi) is 6.62. The van der Waals surface area contributed by atoms with Crippen LogP contribution in [0.25, 0.3) is 6.08 Å². The Morgan fingerprint density at radius 3 is 2.69 bits per heavy atom. The molecular formula is C22H15BrN4O4S. The Bertz CT molecular complexity index is 1250. The van der Waals surface area contributed by atoms with Gasteiger partial charge in [0.15, 0.2) is 5.17 Å². The number of nitro benzene ring substituents is 1. The number of non-ortho nitro benzene ring substituents is 1. The molecule has 1 aliphatic rings.